The van der Waals surface area contributed by atoms with Gasteiger partial charge in [-0.25, -0.2) is 0 Å². The van der Waals surface area contributed by atoms with E-state index in [4.69, 9.17) is 16.7 Å². The van der Waals surface area contributed by atoms with E-state index in [1.54, 1.807) is 12.1 Å². The van der Waals surface area contributed by atoms with E-state index in [2.05, 4.69) is 5.32 Å². The normalized spacial score (nSPS) is 9.67. The SMILES string of the molecule is O=C(Cl)CCC(=O)Nc1cccc(O)c1. The molecule has 0 aliphatic heterocycles. The molecule has 1 amide bonds. The van der Waals surface area contributed by atoms with Crippen LogP contribution in [-0.2, 0) is 9.59 Å². The van der Waals surface area contributed by atoms with Crippen molar-refractivity contribution in [3.05, 3.63) is 24.3 Å². The second kappa shape index (κ2) is 5.36. The van der Waals surface area contributed by atoms with E-state index in [9.17, 15) is 9.59 Å². The van der Waals surface area contributed by atoms with E-state index in [1.807, 2.05) is 0 Å². The second-order valence-electron chi connectivity index (χ2n) is 2.95. The highest BCUT2D eigenvalue weighted by Crippen LogP contribution is 2.15. The van der Waals surface area contributed by atoms with Gasteiger partial charge < -0.3 is 10.4 Å². The Morgan fingerprint density at radius 2 is 2.07 bits per heavy atom. The van der Waals surface area contributed by atoms with Crippen molar-refractivity contribution in [3.8, 4) is 5.75 Å². The summed E-state index contributed by atoms with van der Waals surface area (Å²) in [5, 5.41) is 11.1. The summed E-state index contributed by atoms with van der Waals surface area (Å²) in [4.78, 5) is 21.6. The summed E-state index contributed by atoms with van der Waals surface area (Å²) in [7, 11) is 0. The first-order chi connectivity index (χ1) is 7.08. The van der Waals surface area contributed by atoms with Gasteiger partial charge in [-0.3, -0.25) is 9.59 Å². The largest absolute Gasteiger partial charge is 0.508 e. The lowest BCUT2D eigenvalue weighted by molar-refractivity contribution is -0.119. The van der Waals surface area contributed by atoms with Crippen LogP contribution in [0, 0.1) is 0 Å². The minimum Gasteiger partial charge on any atom is -0.508 e. The molecule has 0 bridgehead atoms. The number of phenolic OH excluding ortho intramolecular Hbond substituents is 1. The Kier molecular flexibility index (Phi) is 4.12. The number of aromatic hydroxyl groups is 1. The minimum absolute atomic E-state index is 0.00616. The van der Waals surface area contributed by atoms with Crippen molar-refractivity contribution in [1.82, 2.24) is 0 Å². The zero-order chi connectivity index (χ0) is 11.3. The van der Waals surface area contributed by atoms with Crippen molar-refractivity contribution < 1.29 is 14.7 Å². The van der Waals surface area contributed by atoms with Crippen LogP contribution in [0.3, 0.4) is 0 Å². The molecule has 0 aliphatic carbocycles. The molecule has 1 aromatic carbocycles. The van der Waals surface area contributed by atoms with Gasteiger partial charge in [-0.1, -0.05) is 6.07 Å². The van der Waals surface area contributed by atoms with Crippen LogP contribution in [0.25, 0.3) is 0 Å². The highest BCUT2D eigenvalue weighted by molar-refractivity contribution is 6.63. The standard InChI is InChI=1S/C10H10ClNO3/c11-9(14)4-5-10(15)12-7-2-1-3-8(13)6-7/h1-3,6,13H,4-5H2,(H,12,15). The van der Waals surface area contributed by atoms with Gasteiger partial charge in [0.1, 0.15) is 5.75 Å². The van der Waals surface area contributed by atoms with E-state index < -0.39 is 5.24 Å². The fourth-order valence-corrected chi connectivity index (χ4v) is 1.11. The maximum Gasteiger partial charge on any atom is 0.224 e. The Morgan fingerprint density at radius 3 is 2.67 bits per heavy atom. The topological polar surface area (TPSA) is 66.4 Å². The Hall–Kier alpha value is -1.55. The molecule has 2 N–H and O–H groups in total. The number of carbonyl (C=O) groups excluding carboxylic acids is 2. The van der Waals surface area contributed by atoms with Gasteiger partial charge in [0.15, 0.2) is 0 Å². The van der Waals surface area contributed by atoms with Gasteiger partial charge in [0.25, 0.3) is 0 Å². The Balaban J connectivity index is 2.48. The molecule has 0 spiro atoms. The molecule has 0 radical (unpaired) electrons. The molecular formula is C10H10ClNO3. The first kappa shape index (κ1) is 11.5. The van der Waals surface area contributed by atoms with Crippen molar-refractivity contribution in [3.63, 3.8) is 0 Å². The van der Waals surface area contributed by atoms with Crippen LogP contribution in [0.15, 0.2) is 24.3 Å². The average molecular weight is 228 g/mol. The number of benzene rings is 1. The number of phenols is 1. The van der Waals surface area contributed by atoms with Gasteiger partial charge in [0.05, 0.1) is 0 Å². The molecule has 80 valence electrons. The number of nitrogens with one attached hydrogen (secondary N) is 1. The predicted octanol–water partition coefficient (Wildman–Crippen LogP) is 1.88. The van der Waals surface area contributed by atoms with E-state index >= 15 is 0 Å². The lowest BCUT2D eigenvalue weighted by atomic mass is 10.2. The third-order valence-corrected chi connectivity index (χ3v) is 1.87. The maximum absolute atomic E-state index is 11.2. The summed E-state index contributed by atoms with van der Waals surface area (Å²) in [6.07, 6.45) is 0.0458. The van der Waals surface area contributed by atoms with Crippen LogP contribution < -0.4 is 5.32 Å². The van der Waals surface area contributed by atoms with Crippen molar-refractivity contribution in [2.45, 2.75) is 12.8 Å². The third kappa shape index (κ3) is 4.46. The Morgan fingerprint density at radius 1 is 1.33 bits per heavy atom. The molecule has 4 nitrogen and oxygen atoms in total. The van der Waals surface area contributed by atoms with Gasteiger partial charge in [0.2, 0.25) is 11.1 Å². The van der Waals surface area contributed by atoms with Gasteiger partial charge in [-0.2, -0.15) is 0 Å². The molecule has 5 heteroatoms. The first-order valence-electron chi connectivity index (χ1n) is 4.35. The van der Waals surface area contributed by atoms with Crippen molar-refractivity contribution in [2.75, 3.05) is 5.32 Å². The summed E-state index contributed by atoms with van der Waals surface area (Å²) in [6, 6.07) is 6.16. The summed E-state index contributed by atoms with van der Waals surface area (Å²) in [5.41, 5.74) is 0.488. The van der Waals surface area contributed by atoms with Crippen molar-refractivity contribution >= 4 is 28.4 Å². The molecule has 0 heterocycles. The highest BCUT2D eigenvalue weighted by atomic mass is 35.5. The molecule has 0 atom stereocenters. The molecule has 0 fully saturated rings. The van der Waals surface area contributed by atoms with Crippen LogP contribution in [0.2, 0.25) is 0 Å². The number of halogens is 1. The van der Waals surface area contributed by atoms with E-state index in [-0.39, 0.29) is 24.5 Å². The fraction of sp³-hybridized carbons (Fsp3) is 0.200. The Labute approximate surface area is 91.9 Å². The second-order valence-corrected chi connectivity index (χ2v) is 3.38. The van der Waals surface area contributed by atoms with Crippen molar-refractivity contribution in [1.29, 1.82) is 0 Å². The Bertz CT molecular complexity index is 379. The average Bonchev–Trinajstić information content (AvgIpc) is 2.15. The smallest absolute Gasteiger partial charge is 0.224 e. The van der Waals surface area contributed by atoms with Gasteiger partial charge in [-0.05, 0) is 23.7 Å². The molecule has 0 aromatic heterocycles. The van der Waals surface area contributed by atoms with Crippen LogP contribution in [0.1, 0.15) is 12.8 Å². The number of hydrogen-bond acceptors (Lipinski definition) is 3. The number of amides is 1. The van der Waals surface area contributed by atoms with Crippen LogP contribution in [-0.4, -0.2) is 16.3 Å². The summed E-state index contributed by atoms with van der Waals surface area (Å²) >= 11 is 5.09. The van der Waals surface area contributed by atoms with Crippen LogP contribution >= 0.6 is 11.6 Å². The molecule has 15 heavy (non-hydrogen) atoms. The number of anilines is 1. The van der Waals surface area contributed by atoms with Crippen LogP contribution in [0.4, 0.5) is 5.69 Å². The zero-order valence-corrected chi connectivity index (χ0v) is 8.62. The van der Waals surface area contributed by atoms with Gasteiger partial charge >= 0.3 is 0 Å². The summed E-state index contributed by atoms with van der Waals surface area (Å²) in [5.74, 6) is -0.240. The quantitative estimate of drug-likeness (QED) is 0.772. The maximum atomic E-state index is 11.2. The fourth-order valence-electron chi connectivity index (χ4n) is 1.02. The summed E-state index contributed by atoms with van der Waals surface area (Å²) < 4.78 is 0. The first-order valence-corrected chi connectivity index (χ1v) is 4.73. The van der Waals surface area contributed by atoms with E-state index in [0.29, 0.717) is 5.69 Å². The molecule has 0 unspecified atom stereocenters. The molecule has 0 saturated carbocycles. The number of hydrogen-bond donors (Lipinski definition) is 2. The predicted molar refractivity (Wildman–Crippen MR) is 56.8 cm³/mol. The molecule has 1 rings (SSSR count). The lowest BCUT2D eigenvalue weighted by Gasteiger charge is -2.03. The number of carbonyl (C=O) groups is 2. The molecule has 1 aromatic rings. The van der Waals surface area contributed by atoms with E-state index in [0.717, 1.165) is 0 Å². The zero-order valence-electron chi connectivity index (χ0n) is 7.87. The molecule has 0 saturated heterocycles. The van der Waals surface area contributed by atoms with E-state index in [1.165, 1.54) is 12.1 Å². The van der Waals surface area contributed by atoms with Crippen molar-refractivity contribution in [2.24, 2.45) is 0 Å². The minimum atomic E-state index is -0.541. The number of rotatable bonds is 4. The molecular weight excluding hydrogens is 218 g/mol. The molecule has 0 aliphatic rings. The monoisotopic (exact) mass is 227 g/mol. The van der Waals surface area contributed by atoms with Gasteiger partial charge in [0, 0.05) is 24.6 Å². The van der Waals surface area contributed by atoms with Crippen LogP contribution in [0.5, 0.6) is 5.75 Å². The summed E-state index contributed by atoms with van der Waals surface area (Å²) in [6.45, 7) is 0. The van der Waals surface area contributed by atoms with Gasteiger partial charge in [-0.15, -0.1) is 0 Å². The third-order valence-electron chi connectivity index (χ3n) is 1.68. The highest BCUT2D eigenvalue weighted by Gasteiger charge is 2.05. The lowest BCUT2D eigenvalue weighted by Crippen LogP contribution is -2.11.